The molecule has 26 heavy (non-hydrogen) atoms. The Morgan fingerprint density at radius 1 is 1.35 bits per heavy atom. The number of amides is 4. The number of halogens is 1. The van der Waals surface area contributed by atoms with Gasteiger partial charge in [-0.2, -0.15) is 5.10 Å². The van der Waals surface area contributed by atoms with Crippen LogP contribution in [0.1, 0.15) is 24.0 Å². The van der Waals surface area contributed by atoms with Crippen molar-refractivity contribution in [3.8, 4) is 0 Å². The van der Waals surface area contributed by atoms with Gasteiger partial charge in [0.15, 0.2) is 0 Å². The number of rotatable bonds is 6. The van der Waals surface area contributed by atoms with E-state index in [4.69, 9.17) is 11.6 Å². The van der Waals surface area contributed by atoms with Gasteiger partial charge in [0.25, 0.3) is 5.91 Å². The Hall–Kier alpha value is -2.87. The number of anilines is 1. The van der Waals surface area contributed by atoms with Gasteiger partial charge in [-0.15, -0.1) is 0 Å². The summed E-state index contributed by atoms with van der Waals surface area (Å²) in [5.74, 6) is -0.0967. The fourth-order valence-corrected chi connectivity index (χ4v) is 2.88. The van der Waals surface area contributed by atoms with E-state index in [9.17, 15) is 14.4 Å². The smallest absolute Gasteiger partial charge is 0.322 e. The van der Waals surface area contributed by atoms with Gasteiger partial charge < -0.3 is 10.6 Å². The van der Waals surface area contributed by atoms with Crippen LogP contribution in [0.15, 0.2) is 30.5 Å². The second kappa shape index (κ2) is 7.57. The first-order chi connectivity index (χ1) is 12.4. The number of hydrogen-bond acceptors (Lipinski definition) is 4. The van der Waals surface area contributed by atoms with E-state index in [1.807, 2.05) is 25.1 Å². The van der Waals surface area contributed by atoms with Crippen LogP contribution in [-0.2, 0) is 16.1 Å². The Kier molecular flexibility index (Phi) is 5.22. The van der Waals surface area contributed by atoms with Crippen LogP contribution in [0.25, 0.3) is 0 Å². The summed E-state index contributed by atoms with van der Waals surface area (Å²) >= 11 is 6.19. The second-order valence-electron chi connectivity index (χ2n) is 6.03. The van der Waals surface area contributed by atoms with Gasteiger partial charge >= 0.3 is 6.03 Å². The van der Waals surface area contributed by atoms with E-state index in [1.165, 1.54) is 0 Å². The lowest BCUT2D eigenvalue weighted by Crippen LogP contribution is -2.30. The summed E-state index contributed by atoms with van der Waals surface area (Å²) in [6.07, 6.45) is 1.98. The molecule has 0 bridgehead atoms. The van der Waals surface area contributed by atoms with Gasteiger partial charge in [0.1, 0.15) is 11.9 Å². The lowest BCUT2D eigenvalue weighted by Gasteiger charge is -2.12. The number of carbonyl (C=O) groups excluding carboxylic acids is 3. The first kappa shape index (κ1) is 17.9. The van der Waals surface area contributed by atoms with Crippen molar-refractivity contribution in [2.75, 3.05) is 5.32 Å². The van der Waals surface area contributed by atoms with Crippen molar-refractivity contribution < 1.29 is 14.4 Å². The van der Waals surface area contributed by atoms with Crippen molar-refractivity contribution in [1.82, 2.24) is 20.4 Å². The molecule has 9 heteroatoms. The molecule has 1 aliphatic rings. The maximum absolute atomic E-state index is 12.3. The van der Waals surface area contributed by atoms with Crippen molar-refractivity contribution in [2.45, 2.75) is 32.4 Å². The molecule has 1 unspecified atom stereocenters. The molecule has 0 saturated carbocycles. The number of aryl methyl sites for hydroxylation is 1. The summed E-state index contributed by atoms with van der Waals surface area (Å²) in [7, 11) is 0. The highest BCUT2D eigenvalue weighted by Gasteiger charge is 2.29. The third-order valence-electron chi connectivity index (χ3n) is 4.08. The van der Waals surface area contributed by atoms with Gasteiger partial charge in [0, 0.05) is 17.0 Å². The minimum Gasteiger partial charge on any atom is -0.326 e. The Morgan fingerprint density at radius 3 is 2.81 bits per heavy atom. The number of benzene rings is 1. The predicted molar refractivity (Wildman–Crippen MR) is 95.8 cm³/mol. The molecular weight excluding hydrogens is 358 g/mol. The Morgan fingerprint density at radius 2 is 2.12 bits per heavy atom. The van der Waals surface area contributed by atoms with Gasteiger partial charge in [-0.25, -0.2) is 9.48 Å². The molecule has 0 radical (unpaired) electrons. The maximum Gasteiger partial charge on any atom is 0.322 e. The minimum atomic E-state index is -0.678. The van der Waals surface area contributed by atoms with Gasteiger partial charge in [0.05, 0.1) is 12.7 Å². The number of urea groups is 1. The predicted octanol–water partition coefficient (Wildman–Crippen LogP) is 1.82. The Labute approximate surface area is 154 Å². The summed E-state index contributed by atoms with van der Waals surface area (Å²) in [5.41, 5.74) is 1.70. The number of nitrogens with zero attached hydrogens (tertiary/aromatic N) is 2. The molecule has 1 aliphatic heterocycles. The van der Waals surface area contributed by atoms with Crippen LogP contribution in [0.3, 0.4) is 0 Å². The monoisotopic (exact) mass is 375 g/mol. The molecule has 1 fully saturated rings. The first-order valence-corrected chi connectivity index (χ1v) is 8.49. The van der Waals surface area contributed by atoms with E-state index in [1.54, 1.807) is 16.9 Å². The second-order valence-corrected chi connectivity index (χ2v) is 6.43. The van der Waals surface area contributed by atoms with E-state index in [2.05, 4.69) is 21.0 Å². The van der Waals surface area contributed by atoms with Crippen molar-refractivity contribution >= 4 is 35.3 Å². The van der Waals surface area contributed by atoms with Gasteiger partial charge in [-0.05, 0) is 25.0 Å². The SMILES string of the molecule is Cc1cnn(Cc2ccccc2Cl)c1NC(=O)CCC1NC(=O)NC1=O. The molecule has 4 amide bonds. The molecule has 3 N–H and O–H groups in total. The average Bonchev–Trinajstić information content (AvgIpc) is 3.10. The fraction of sp³-hybridized carbons (Fsp3) is 0.294. The molecular formula is C17H18ClN5O3. The lowest BCUT2D eigenvalue weighted by atomic mass is 10.1. The molecule has 0 spiro atoms. The van der Waals surface area contributed by atoms with Crippen molar-refractivity contribution in [3.63, 3.8) is 0 Å². The van der Waals surface area contributed by atoms with E-state index in [-0.39, 0.29) is 18.7 Å². The normalized spacial score (nSPS) is 16.3. The molecule has 2 aromatic rings. The summed E-state index contributed by atoms with van der Waals surface area (Å²) in [6.45, 7) is 2.26. The standard InChI is InChI=1S/C17H18ClN5O3/c1-10-8-19-23(9-11-4-2-3-5-12(11)18)15(10)21-14(24)7-6-13-16(25)22-17(26)20-13/h2-5,8,13H,6-7,9H2,1H3,(H,21,24)(H2,20,22,25,26). The molecule has 0 aliphatic carbocycles. The molecule has 3 rings (SSSR count). The molecule has 1 atom stereocenters. The third-order valence-corrected chi connectivity index (χ3v) is 4.45. The fourth-order valence-electron chi connectivity index (χ4n) is 2.68. The summed E-state index contributed by atoms with van der Waals surface area (Å²) in [5, 5.41) is 12.3. The van der Waals surface area contributed by atoms with Crippen LogP contribution in [0.5, 0.6) is 0 Å². The molecule has 1 aromatic heterocycles. The highest BCUT2D eigenvalue weighted by atomic mass is 35.5. The van der Waals surface area contributed by atoms with E-state index >= 15 is 0 Å². The number of imide groups is 1. The Balaban J connectivity index is 1.63. The zero-order valence-electron chi connectivity index (χ0n) is 14.1. The first-order valence-electron chi connectivity index (χ1n) is 8.11. The number of hydrogen-bond donors (Lipinski definition) is 3. The molecule has 8 nitrogen and oxygen atoms in total. The van der Waals surface area contributed by atoms with Gasteiger partial charge in [0.2, 0.25) is 5.91 Å². The van der Waals surface area contributed by atoms with Gasteiger partial charge in [-0.1, -0.05) is 29.8 Å². The molecule has 1 aromatic carbocycles. The zero-order chi connectivity index (χ0) is 18.7. The summed E-state index contributed by atoms with van der Waals surface area (Å²) in [4.78, 5) is 34.9. The van der Waals surface area contributed by atoms with Gasteiger partial charge in [-0.3, -0.25) is 14.9 Å². The maximum atomic E-state index is 12.3. The average molecular weight is 376 g/mol. The summed E-state index contributed by atoms with van der Waals surface area (Å²) < 4.78 is 1.67. The van der Waals surface area contributed by atoms with Crippen LogP contribution in [0, 0.1) is 6.92 Å². The van der Waals surface area contributed by atoms with Crippen molar-refractivity contribution in [3.05, 3.63) is 46.6 Å². The molecule has 2 heterocycles. The van der Waals surface area contributed by atoms with Crippen LogP contribution in [0.2, 0.25) is 5.02 Å². The van der Waals surface area contributed by atoms with Crippen LogP contribution in [0.4, 0.5) is 10.6 Å². The topological polar surface area (TPSA) is 105 Å². The van der Waals surface area contributed by atoms with E-state index in [0.29, 0.717) is 17.4 Å². The number of carbonyl (C=O) groups is 3. The third kappa shape index (κ3) is 4.02. The lowest BCUT2D eigenvalue weighted by molar-refractivity contribution is -0.120. The van der Waals surface area contributed by atoms with Crippen molar-refractivity contribution in [2.24, 2.45) is 0 Å². The zero-order valence-corrected chi connectivity index (χ0v) is 14.8. The quantitative estimate of drug-likeness (QED) is 0.669. The summed E-state index contributed by atoms with van der Waals surface area (Å²) in [6, 6.07) is 6.22. The van der Waals surface area contributed by atoms with E-state index < -0.39 is 18.0 Å². The largest absolute Gasteiger partial charge is 0.326 e. The number of aromatic nitrogens is 2. The molecule has 136 valence electrons. The van der Waals surface area contributed by atoms with Crippen LogP contribution >= 0.6 is 11.6 Å². The molecule has 1 saturated heterocycles. The van der Waals surface area contributed by atoms with Crippen LogP contribution < -0.4 is 16.0 Å². The number of nitrogens with one attached hydrogen (secondary N) is 3. The van der Waals surface area contributed by atoms with E-state index in [0.717, 1.165) is 11.1 Å². The highest BCUT2D eigenvalue weighted by molar-refractivity contribution is 6.31. The Bertz CT molecular complexity index is 864. The van der Waals surface area contributed by atoms with Crippen molar-refractivity contribution in [1.29, 1.82) is 0 Å². The minimum absolute atomic E-state index is 0.0923. The highest BCUT2D eigenvalue weighted by Crippen LogP contribution is 2.20. The van der Waals surface area contributed by atoms with Crippen LogP contribution in [-0.4, -0.2) is 33.7 Å².